The van der Waals surface area contributed by atoms with Crippen molar-refractivity contribution in [3.63, 3.8) is 0 Å². The van der Waals surface area contributed by atoms with E-state index in [0.717, 1.165) is 18.4 Å². The zero-order valence-corrected chi connectivity index (χ0v) is 17.0. The largest absolute Gasteiger partial charge is 0.354 e. The Morgan fingerprint density at radius 3 is 2.71 bits per heavy atom. The summed E-state index contributed by atoms with van der Waals surface area (Å²) in [6.45, 7) is 4.58. The number of aryl methyl sites for hydroxylation is 1. The van der Waals surface area contributed by atoms with Crippen molar-refractivity contribution in [2.75, 3.05) is 12.3 Å². The van der Waals surface area contributed by atoms with E-state index in [4.69, 9.17) is 0 Å². The third-order valence-electron chi connectivity index (χ3n) is 4.77. The topological polar surface area (TPSA) is 49.4 Å². The predicted molar refractivity (Wildman–Crippen MR) is 111 cm³/mol. The van der Waals surface area contributed by atoms with Crippen molar-refractivity contribution in [3.05, 3.63) is 71.0 Å². The van der Waals surface area contributed by atoms with Crippen molar-refractivity contribution in [3.8, 4) is 0 Å². The van der Waals surface area contributed by atoms with Crippen LogP contribution in [0.2, 0.25) is 0 Å². The van der Waals surface area contributed by atoms with E-state index in [1.807, 2.05) is 25.1 Å². The van der Waals surface area contributed by atoms with Crippen LogP contribution in [-0.2, 0) is 4.79 Å². The molecule has 2 aromatic carbocycles. The molecule has 0 bridgehead atoms. The number of unbranched alkanes of at least 4 members (excludes halogenated alkanes) is 1. The summed E-state index contributed by atoms with van der Waals surface area (Å²) in [6, 6.07) is 13.0. The number of nitrogens with zero attached hydrogens (tertiary/aromatic N) is 1. The molecule has 0 saturated carbocycles. The zero-order chi connectivity index (χ0) is 20.1. The fraction of sp³-hybridized carbons (Fsp3) is 0.364. The second kappa shape index (κ2) is 9.24. The third-order valence-corrected chi connectivity index (χ3v) is 6.09. The van der Waals surface area contributed by atoms with Gasteiger partial charge in [-0.1, -0.05) is 43.2 Å². The third kappa shape index (κ3) is 4.55. The van der Waals surface area contributed by atoms with E-state index in [-0.39, 0.29) is 17.6 Å². The summed E-state index contributed by atoms with van der Waals surface area (Å²) in [5, 5.41) is 2.54. The Morgan fingerprint density at radius 2 is 2.00 bits per heavy atom. The number of halogens is 1. The number of rotatable bonds is 6. The molecule has 2 amide bonds. The fourth-order valence-electron chi connectivity index (χ4n) is 3.31. The first-order valence-corrected chi connectivity index (χ1v) is 10.6. The number of hydrogen-bond donors (Lipinski definition) is 1. The Morgan fingerprint density at radius 1 is 1.21 bits per heavy atom. The Bertz CT molecular complexity index is 858. The van der Waals surface area contributed by atoms with Crippen LogP contribution in [0.3, 0.4) is 0 Å². The highest BCUT2D eigenvalue weighted by Gasteiger charge is 2.42. The number of amides is 2. The molecule has 28 heavy (non-hydrogen) atoms. The molecule has 0 radical (unpaired) electrons. The summed E-state index contributed by atoms with van der Waals surface area (Å²) in [4.78, 5) is 27.7. The molecule has 3 rings (SSSR count). The van der Waals surface area contributed by atoms with Gasteiger partial charge in [0.2, 0.25) is 5.91 Å². The van der Waals surface area contributed by atoms with Crippen molar-refractivity contribution < 1.29 is 14.0 Å². The maximum absolute atomic E-state index is 13.8. The average Bonchev–Trinajstić information content (AvgIpc) is 3.12. The minimum atomic E-state index is -0.580. The van der Waals surface area contributed by atoms with Gasteiger partial charge in [0.15, 0.2) is 0 Å². The molecule has 1 aliphatic rings. The van der Waals surface area contributed by atoms with Gasteiger partial charge in [-0.2, -0.15) is 0 Å². The summed E-state index contributed by atoms with van der Waals surface area (Å²) < 4.78 is 13.8. The van der Waals surface area contributed by atoms with Gasteiger partial charge in [0.05, 0.1) is 0 Å². The molecule has 6 heteroatoms. The number of thioether (sulfide) groups is 1. The molecule has 2 atom stereocenters. The Balaban J connectivity index is 1.92. The van der Waals surface area contributed by atoms with Crippen molar-refractivity contribution >= 4 is 23.6 Å². The number of benzene rings is 2. The van der Waals surface area contributed by atoms with Gasteiger partial charge < -0.3 is 10.2 Å². The number of carbonyl (C=O) groups is 2. The Labute approximate surface area is 169 Å². The minimum Gasteiger partial charge on any atom is -0.354 e. The van der Waals surface area contributed by atoms with Gasteiger partial charge in [0.25, 0.3) is 5.91 Å². The molecule has 0 aliphatic carbocycles. The molecule has 0 unspecified atom stereocenters. The number of hydrogen-bond acceptors (Lipinski definition) is 3. The summed E-state index contributed by atoms with van der Waals surface area (Å²) in [5.41, 5.74) is 2.20. The lowest BCUT2D eigenvalue weighted by Gasteiger charge is -2.29. The standard InChI is InChI=1S/C22H25FN2O2S/c1-3-4-11-24-20(26)19-14-28-22(17-9-6-10-18(23)13-17)25(19)21(27)16-8-5-7-15(2)12-16/h5-10,12-13,19,22H,3-4,11,14H2,1-2H3,(H,24,26)/t19-,22-/m1/s1. The van der Waals surface area contributed by atoms with Crippen LogP contribution in [0, 0.1) is 12.7 Å². The van der Waals surface area contributed by atoms with Crippen LogP contribution in [0.15, 0.2) is 48.5 Å². The molecule has 1 N–H and O–H groups in total. The molecule has 0 spiro atoms. The van der Waals surface area contributed by atoms with Gasteiger partial charge in [-0.15, -0.1) is 11.8 Å². The fourth-order valence-corrected chi connectivity index (χ4v) is 4.73. The first-order chi connectivity index (χ1) is 13.5. The molecule has 1 saturated heterocycles. The van der Waals surface area contributed by atoms with Crippen LogP contribution in [-0.4, -0.2) is 35.1 Å². The van der Waals surface area contributed by atoms with E-state index in [1.165, 1.54) is 23.9 Å². The van der Waals surface area contributed by atoms with Crippen LogP contribution >= 0.6 is 11.8 Å². The second-order valence-electron chi connectivity index (χ2n) is 6.98. The highest BCUT2D eigenvalue weighted by molar-refractivity contribution is 7.99. The molecule has 2 aromatic rings. The van der Waals surface area contributed by atoms with Gasteiger partial charge in [-0.25, -0.2) is 4.39 Å². The van der Waals surface area contributed by atoms with E-state index in [2.05, 4.69) is 12.2 Å². The van der Waals surface area contributed by atoms with Crippen LogP contribution < -0.4 is 5.32 Å². The van der Waals surface area contributed by atoms with Crippen molar-refractivity contribution in [1.29, 1.82) is 0 Å². The van der Waals surface area contributed by atoms with E-state index in [1.54, 1.807) is 23.1 Å². The van der Waals surface area contributed by atoms with Gasteiger partial charge in [0, 0.05) is 17.9 Å². The first-order valence-electron chi connectivity index (χ1n) is 9.55. The molecule has 1 aliphatic heterocycles. The highest BCUT2D eigenvalue weighted by Crippen LogP contribution is 2.42. The van der Waals surface area contributed by atoms with E-state index >= 15 is 0 Å². The lowest BCUT2D eigenvalue weighted by molar-refractivity contribution is -0.124. The van der Waals surface area contributed by atoms with Crippen LogP contribution in [0.25, 0.3) is 0 Å². The van der Waals surface area contributed by atoms with Crippen LogP contribution in [0.5, 0.6) is 0 Å². The minimum absolute atomic E-state index is 0.152. The van der Waals surface area contributed by atoms with Gasteiger partial charge in [-0.3, -0.25) is 9.59 Å². The molecule has 0 aromatic heterocycles. The molecule has 1 fully saturated rings. The quantitative estimate of drug-likeness (QED) is 0.735. The molecular weight excluding hydrogens is 375 g/mol. The molecular formula is C22H25FN2O2S. The van der Waals surface area contributed by atoms with Crippen molar-refractivity contribution in [2.24, 2.45) is 0 Å². The first kappa shape index (κ1) is 20.4. The molecule has 148 valence electrons. The monoisotopic (exact) mass is 400 g/mol. The lowest BCUT2D eigenvalue weighted by atomic mass is 10.1. The molecule has 1 heterocycles. The summed E-state index contributed by atoms with van der Waals surface area (Å²) in [7, 11) is 0. The number of carbonyl (C=O) groups excluding carboxylic acids is 2. The Kier molecular flexibility index (Phi) is 6.73. The maximum Gasteiger partial charge on any atom is 0.255 e. The average molecular weight is 401 g/mol. The van der Waals surface area contributed by atoms with E-state index < -0.39 is 11.4 Å². The summed E-state index contributed by atoms with van der Waals surface area (Å²) >= 11 is 1.49. The predicted octanol–water partition coefficient (Wildman–Crippen LogP) is 4.31. The van der Waals surface area contributed by atoms with Gasteiger partial charge in [-0.05, 0) is 43.2 Å². The van der Waals surface area contributed by atoms with Gasteiger partial charge in [0.1, 0.15) is 17.2 Å². The summed E-state index contributed by atoms with van der Waals surface area (Å²) in [5.74, 6) is -0.229. The van der Waals surface area contributed by atoms with Gasteiger partial charge >= 0.3 is 0 Å². The zero-order valence-electron chi connectivity index (χ0n) is 16.2. The van der Waals surface area contributed by atoms with Crippen molar-refractivity contribution in [1.82, 2.24) is 10.2 Å². The van der Waals surface area contributed by atoms with Crippen LogP contribution in [0.1, 0.15) is 46.6 Å². The summed E-state index contributed by atoms with van der Waals surface area (Å²) in [6.07, 6.45) is 1.88. The Hall–Kier alpha value is -2.34. The van der Waals surface area contributed by atoms with Crippen LogP contribution in [0.4, 0.5) is 4.39 Å². The number of nitrogens with one attached hydrogen (secondary N) is 1. The van der Waals surface area contributed by atoms with Crippen molar-refractivity contribution in [2.45, 2.75) is 38.1 Å². The van der Waals surface area contributed by atoms with E-state index in [9.17, 15) is 14.0 Å². The molecule has 4 nitrogen and oxygen atoms in total. The SMILES string of the molecule is CCCCNC(=O)[C@H]1CS[C@H](c2cccc(F)c2)N1C(=O)c1cccc(C)c1. The van der Waals surface area contributed by atoms with E-state index in [0.29, 0.717) is 23.4 Å². The smallest absolute Gasteiger partial charge is 0.255 e. The second-order valence-corrected chi connectivity index (χ2v) is 8.10. The maximum atomic E-state index is 13.8. The highest BCUT2D eigenvalue weighted by atomic mass is 32.2. The lowest BCUT2D eigenvalue weighted by Crippen LogP contribution is -2.48. The normalized spacial score (nSPS) is 18.9.